The van der Waals surface area contributed by atoms with Crippen LogP contribution in [0.1, 0.15) is 32.6 Å². The summed E-state index contributed by atoms with van der Waals surface area (Å²) in [7, 11) is 1.69. The van der Waals surface area contributed by atoms with Gasteiger partial charge in [0.2, 0.25) is 5.91 Å². The normalized spacial score (nSPS) is 18.6. The molecule has 0 atom stereocenters. The molecule has 2 N–H and O–H groups in total. The third-order valence-corrected chi connectivity index (χ3v) is 3.19. The lowest BCUT2D eigenvalue weighted by Crippen LogP contribution is -2.43. The maximum absolute atomic E-state index is 11.0. The first kappa shape index (κ1) is 13.5. The van der Waals surface area contributed by atoms with Crippen molar-refractivity contribution in [3.63, 3.8) is 0 Å². The molecule has 0 aromatic carbocycles. The van der Waals surface area contributed by atoms with Gasteiger partial charge in [0, 0.05) is 26.1 Å². The van der Waals surface area contributed by atoms with Crippen molar-refractivity contribution in [2.75, 3.05) is 33.2 Å². The lowest BCUT2D eigenvalue weighted by molar-refractivity contribution is -0.120. The Balaban J connectivity index is 2.06. The summed E-state index contributed by atoms with van der Waals surface area (Å²) in [6.07, 6.45) is 4.27. The third kappa shape index (κ3) is 4.94. The van der Waals surface area contributed by atoms with Crippen LogP contribution in [0.2, 0.25) is 0 Å². The molecule has 4 heteroatoms. The van der Waals surface area contributed by atoms with Gasteiger partial charge in [-0.1, -0.05) is 6.92 Å². The molecule has 0 unspecified atom stereocenters. The summed E-state index contributed by atoms with van der Waals surface area (Å²) in [5.41, 5.74) is 0. The van der Waals surface area contributed by atoms with E-state index in [0.29, 0.717) is 12.5 Å². The fourth-order valence-corrected chi connectivity index (χ4v) is 2.19. The molecule has 4 nitrogen and oxygen atoms in total. The number of piperidine rings is 1. The van der Waals surface area contributed by atoms with Gasteiger partial charge in [-0.15, -0.1) is 0 Å². The number of nitrogens with zero attached hydrogens (tertiary/aromatic N) is 1. The molecule has 0 aromatic rings. The van der Waals surface area contributed by atoms with E-state index in [4.69, 9.17) is 0 Å². The second kappa shape index (κ2) is 7.63. The van der Waals surface area contributed by atoms with Crippen molar-refractivity contribution in [2.45, 2.75) is 38.6 Å². The van der Waals surface area contributed by atoms with Crippen LogP contribution in [0.15, 0.2) is 0 Å². The number of amides is 1. The molecule has 0 aromatic heterocycles. The first-order chi connectivity index (χ1) is 7.76. The van der Waals surface area contributed by atoms with E-state index in [2.05, 4.69) is 22.5 Å². The molecule has 0 bridgehead atoms. The summed E-state index contributed by atoms with van der Waals surface area (Å²) in [6, 6.07) is 0.609. The van der Waals surface area contributed by atoms with E-state index in [1.807, 2.05) is 0 Å². The largest absolute Gasteiger partial charge is 0.359 e. The van der Waals surface area contributed by atoms with Crippen LogP contribution >= 0.6 is 0 Å². The monoisotopic (exact) mass is 227 g/mol. The zero-order valence-electron chi connectivity index (χ0n) is 10.6. The van der Waals surface area contributed by atoms with Crippen LogP contribution < -0.4 is 10.6 Å². The summed E-state index contributed by atoms with van der Waals surface area (Å²) in [6.45, 7) is 6.66. The highest BCUT2D eigenvalue weighted by Crippen LogP contribution is 2.10. The van der Waals surface area contributed by atoms with Crippen LogP contribution in [0.3, 0.4) is 0 Å². The van der Waals surface area contributed by atoms with Crippen LogP contribution in [0.4, 0.5) is 0 Å². The average molecular weight is 227 g/mol. The van der Waals surface area contributed by atoms with Gasteiger partial charge in [0.15, 0.2) is 0 Å². The molecule has 1 aliphatic rings. The number of nitrogens with one attached hydrogen (secondary N) is 2. The number of carbonyl (C=O) groups excluding carboxylic acids is 1. The highest BCUT2D eigenvalue weighted by Gasteiger charge is 2.17. The van der Waals surface area contributed by atoms with Gasteiger partial charge in [-0.05, 0) is 38.9 Å². The molecule has 94 valence electrons. The third-order valence-electron chi connectivity index (χ3n) is 3.19. The highest BCUT2D eigenvalue weighted by molar-refractivity contribution is 5.75. The lowest BCUT2D eigenvalue weighted by atomic mass is 10.0. The SMILES string of the molecule is CCCN1CCC(NCCC(=O)NC)CC1. The molecule has 1 heterocycles. The number of carbonyl (C=O) groups is 1. The summed E-state index contributed by atoms with van der Waals surface area (Å²) >= 11 is 0. The minimum absolute atomic E-state index is 0.121. The van der Waals surface area contributed by atoms with Gasteiger partial charge in [0.1, 0.15) is 0 Å². The smallest absolute Gasteiger partial charge is 0.221 e. The Morgan fingerprint density at radius 3 is 2.62 bits per heavy atom. The van der Waals surface area contributed by atoms with Gasteiger partial charge in [-0.2, -0.15) is 0 Å². The standard InChI is InChI=1S/C12H25N3O/c1-3-8-15-9-5-11(6-10-15)14-7-4-12(16)13-2/h11,14H,3-10H2,1-2H3,(H,13,16). The molecule has 0 radical (unpaired) electrons. The predicted molar refractivity (Wildman–Crippen MR) is 66.4 cm³/mol. The van der Waals surface area contributed by atoms with E-state index in [9.17, 15) is 4.79 Å². The summed E-state index contributed by atoms with van der Waals surface area (Å²) in [4.78, 5) is 13.6. The van der Waals surface area contributed by atoms with Crippen LogP contribution in [0, 0.1) is 0 Å². The van der Waals surface area contributed by atoms with Crippen molar-refractivity contribution in [1.29, 1.82) is 0 Å². The highest BCUT2D eigenvalue weighted by atomic mass is 16.1. The van der Waals surface area contributed by atoms with E-state index in [0.717, 1.165) is 6.54 Å². The Kier molecular flexibility index (Phi) is 6.42. The van der Waals surface area contributed by atoms with E-state index in [-0.39, 0.29) is 5.91 Å². The molecule has 1 fully saturated rings. The number of hydrogen-bond donors (Lipinski definition) is 2. The molecular formula is C12H25N3O. The van der Waals surface area contributed by atoms with Crippen LogP contribution in [-0.2, 0) is 4.79 Å². The van der Waals surface area contributed by atoms with E-state index >= 15 is 0 Å². The minimum atomic E-state index is 0.121. The summed E-state index contributed by atoms with van der Waals surface area (Å²) < 4.78 is 0. The van der Waals surface area contributed by atoms with Crippen LogP contribution in [0.25, 0.3) is 0 Å². The topological polar surface area (TPSA) is 44.4 Å². The van der Waals surface area contributed by atoms with Gasteiger partial charge in [0.05, 0.1) is 0 Å². The number of rotatable bonds is 6. The van der Waals surface area contributed by atoms with Gasteiger partial charge in [0.25, 0.3) is 0 Å². The van der Waals surface area contributed by atoms with Crippen LogP contribution in [0.5, 0.6) is 0 Å². The van der Waals surface area contributed by atoms with Crippen molar-refractivity contribution in [2.24, 2.45) is 0 Å². The first-order valence-corrected chi connectivity index (χ1v) is 6.42. The molecule has 0 saturated carbocycles. The fraction of sp³-hybridized carbons (Fsp3) is 0.917. The quantitative estimate of drug-likeness (QED) is 0.698. The summed E-state index contributed by atoms with van der Waals surface area (Å²) in [5.74, 6) is 0.121. The molecule has 1 saturated heterocycles. The molecule has 0 aliphatic carbocycles. The van der Waals surface area contributed by atoms with Gasteiger partial charge in [-0.25, -0.2) is 0 Å². The zero-order valence-corrected chi connectivity index (χ0v) is 10.6. The van der Waals surface area contributed by atoms with Crippen molar-refractivity contribution in [3.05, 3.63) is 0 Å². The van der Waals surface area contributed by atoms with E-state index in [1.54, 1.807) is 7.05 Å². The van der Waals surface area contributed by atoms with E-state index in [1.165, 1.54) is 38.9 Å². The minimum Gasteiger partial charge on any atom is -0.359 e. The van der Waals surface area contributed by atoms with Gasteiger partial charge < -0.3 is 15.5 Å². The molecular weight excluding hydrogens is 202 g/mol. The maximum atomic E-state index is 11.0. The molecule has 0 spiro atoms. The van der Waals surface area contributed by atoms with Crippen LogP contribution in [-0.4, -0.2) is 50.1 Å². The molecule has 1 aliphatic heterocycles. The fourth-order valence-electron chi connectivity index (χ4n) is 2.19. The Morgan fingerprint density at radius 2 is 2.06 bits per heavy atom. The second-order valence-corrected chi connectivity index (χ2v) is 4.49. The predicted octanol–water partition coefficient (Wildman–Crippen LogP) is 0.587. The Morgan fingerprint density at radius 1 is 1.38 bits per heavy atom. The Labute approximate surface area is 98.8 Å². The van der Waals surface area contributed by atoms with Crippen molar-refractivity contribution in [1.82, 2.24) is 15.5 Å². The molecule has 1 rings (SSSR count). The summed E-state index contributed by atoms with van der Waals surface area (Å²) in [5, 5.41) is 6.10. The lowest BCUT2D eigenvalue weighted by Gasteiger charge is -2.32. The Hall–Kier alpha value is -0.610. The average Bonchev–Trinajstić information content (AvgIpc) is 2.31. The first-order valence-electron chi connectivity index (χ1n) is 6.42. The Bertz CT molecular complexity index is 200. The van der Waals surface area contributed by atoms with Gasteiger partial charge in [-0.3, -0.25) is 4.79 Å². The number of hydrogen-bond acceptors (Lipinski definition) is 3. The van der Waals surface area contributed by atoms with Crippen molar-refractivity contribution >= 4 is 5.91 Å². The van der Waals surface area contributed by atoms with E-state index < -0.39 is 0 Å². The number of likely N-dealkylation sites (tertiary alicyclic amines) is 1. The molecule has 16 heavy (non-hydrogen) atoms. The van der Waals surface area contributed by atoms with Gasteiger partial charge >= 0.3 is 0 Å². The zero-order chi connectivity index (χ0) is 11.8. The second-order valence-electron chi connectivity index (χ2n) is 4.49. The molecule has 1 amide bonds. The van der Waals surface area contributed by atoms with Crippen molar-refractivity contribution < 1.29 is 4.79 Å². The van der Waals surface area contributed by atoms with Crippen molar-refractivity contribution in [3.8, 4) is 0 Å². The maximum Gasteiger partial charge on any atom is 0.221 e.